The van der Waals surface area contributed by atoms with Gasteiger partial charge in [0.2, 0.25) is 0 Å². The van der Waals surface area contributed by atoms with E-state index in [9.17, 15) is 4.39 Å². The van der Waals surface area contributed by atoms with Crippen LogP contribution in [0, 0.1) is 5.82 Å². The van der Waals surface area contributed by atoms with Crippen LogP contribution in [0.25, 0.3) is 0 Å². The summed E-state index contributed by atoms with van der Waals surface area (Å²) in [5, 5.41) is 0. The Kier molecular flexibility index (Phi) is 4.80. The molecular weight excluding hydrogens is 313 g/mol. The third-order valence-corrected chi connectivity index (χ3v) is 3.98. The van der Waals surface area contributed by atoms with Crippen molar-refractivity contribution < 1.29 is 4.39 Å². The zero-order valence-corrected chi connectivity index (χ0v) is 12.1. The summed E-state index contributed by atoms with van der Waals surface area (Å²) in [6.07, 6.45) is 0. The van der Waals surface area contributed by atoms with Crippen molar-refractivity contribution in [3.05, 3.63) is 63.9 Å². The van der Waals surface area contributed by atoms with Gasteiger partial charge in [0.15, 0.2) is 0 Å². The van der Waals surface area contributed by atoms with Crippen molar-refractivity contribution >= 4 is 27.7 Å². The van der Waals surface area contributed by atoms with E-state index in [-0.39, 0.29) is 5.82 Å². The number of halogens is 2. The zero-order valence-electron chi connectivity index (χ0n) is 9.70. The van der Waals surface area contributed by atoms with Gasteiger partial charge in [-0.15, -0.1) is 11.8 Å². The summed E-state index contributed by atoms with van der Waals surface area (Å²) < 4.78 is 14.0. The van der Waals surface area contributed by atoms with Crippen molar-refractivity contribution in [2.24, 2.45) is 5.73 Å². The lowest BCUT2D eigenvalue weighted by Crippen LogP contribution is -1.95. The minimum absolute atomic E-state index is 0.212. The van der Waals surface area contributed by atoms with Gasteiger partial charge >= 0.3 is 0 Å². The Balaban J connectivity index is 2.06. The summed E-state index contributed by atoms with van der Waals surface area (Å²) in [6.45, 7) is 0.542. The Bertz CT molecular complexity index is 525. The summed E-state index contributed by atoms with van der Waals surface area (Å²) in [5.74, 6) is 0.528. The van der Waals surface area contributed by atoms with Crippen LogP contribution in [0.15, 0.2) is 51.8 Å². The number of rotatable bonds is 4. The van der Waals surface area contributed by atoms with Gasteiger partial charge in [-0.05, 0) is 41.5 Å². The van der Waals surface area contributed by atoms with Crippen LogP contribution in [0.1, 0.15) is 11.1 Å². The van der Waals surface area contributed by atoms with Crippen molar-refractivity contribution in [2.45, 2.75) is 17.2 Å². The average molecular weight is 326 g/mol. The number of hydrogen-bond acceptors (Lipinski definition) is 2. The smallest absolute Gasteiger partial charge is 0.124 e. The molecule has 4 heteroatoms. The number of nitrogens with two attached hydrogens (primary N) is 1. The van der Waals surface area contributed by atoms with Crippen molar-refractivity contribution in [2.75, 3.05) is 0 Å². The van der Waals surface area contributed by atoms with Gasteiger partial charge in [-0.3, -0.25) is 0 Å². The second-order valence-electron chi connectivity index (χ2n) is 3.92. The fraction of sp³-hybridized carbons (Fsp3) is 0.143. The van der Waals surface area contributed by atoms with E-state index in [0.717, 1.165) is 26.2 Å². The van der Waals surface area contributed by atoms with E-state index in [1.165, 1.54) is 6.07 Å². The van der Waals surface area contributed by atoms with Crippen molar-refractivity contribution in [3.8, 4) is 0 Å². The standard InChI is InChI=1S/C14H13BrFNS/c15-12-4-11(5-13(16)7-12)9-18-14-3-1-2-10(6-14)8-17/h1-7H,8-9,17H2. The first kappa shape index (κ1) is 13.6. The minimum Gasteiger partial charge on any atom is -0.326 e. The molecule has 0 spiro atoms. The van der Waals surface area contributed by atoms with Crippen LogP contribution in [0.2, 0.25) is 0 Å². The molecule has 2 N–H and O–H groups in total. The minimum atomic E-state index is -0.212. The Morgan fingerprint density at radius 3 is 2.67 bits per heavy atom. The molecule has 0 saturated carbocycles. The van der Waals surface area contributed by atoms with Gasteiger partial charge in [0.1, 0.15) is 5.82 Å². The van der Waals surface area contributed by atoms with E-state index in [0.29, 0.717) is 6.54 Å². The second-order valence-corrected chi connectivity index (χ2v) is 5.88. The van der Waals surface area contributed by atoms with Crippen molar-refractivity contribution in [1.29, 1.82) is 0 Å². The molecule has 0 aliphatic heterocycles. The van der Waals surface area contributed by atoms with Crippen LogP contribution in [0.4, 0.5) is 4.39 Å². The van der Waals surface area contributed by atoms with E-state index in [2.05, 4.69) is 22.0 Å². The molecule has 18 heavy (non-hydrogen) atoms. The maximum atomic E-state index is 13.2. The van der Waals surface area contributed by atoms with E-state index in [1.54, 1.807) is 17.8 Å². The van der Waals surface area contributed by atoms with Crippen LogP contribution in [-0.4, -0.2) is 0 Å². The van der Waals surface area contributed by atoms with E-state index >= 15 is 0 Å². The molecule has 0 bridgehead atoms. The van der Waals surface area contributed by atoms with Crippen molar-refractivity contribution in [3.63, 3.8) is 0 Å². The number of thioether (sulfide) groups is 1. The molecule has 1 nitrogen and oxygen atoms in total. The van der Waals surface area contributed by atoms with Crippen LogP contribution in [0.3, 0.4) is 0 Å². The van der Waals surface area contributed by atoms with E-state index in [1.807, 2.05) is 24.3 Å². The molecule has 0 aliphatic carbocycles. The lowest BCUT2D eigenvalue weighted by molar-refractivity contribution is 0.625. The molecule has 0 unspecified atom stereocenters. The Morgan fingerprint density at radius 2 is 1.94 bits per heavy atom. The first-order valence-electron chi connectivity index (χ1n) is 5.54. The van der Waals surface area contributed by atoms with E-state index < -0.39 is 0 Å². The first-order valence-corrected chi connectivity index (χ1v) is 7.32. The molecule has 0 amide bonds. The summed E-state index contributed by atoms with van der Waals surface area (Å²) in [6, 6.07) is 13.1. The fourth-order valence-corrected chi connectivity index (χ4v) is 3.05. The molecule has 0 aliphatic rings. The van der Waals surface area contributed by atoms with Gasteiger partial charge in [-0.1, -0.05) is 28.1 Å². The van der Waals surface area contributed by atoms with Gasteiger partial charge in [-0.25, -0.2) is 4.39 Å². The van der Waals surface area contributed by atoms with Gasteiger partial charge in [0.25, 0.3) is 0 Å². The predicted octanol–water partition coefficient (Wildman–Crippen LogP) is 4.34. The molecule has 2 rings (SSSR count). The largest absolute Gasteiger partial charge is 0.326 e. The van der Waals surface area contributed by atoms with Crippen molar-refractivity contribution in [1.82, 2.24) is 0 Å². The van der Waals surface area contributed by atoms with Crippen LogP contribution in [-0.2, 0) is 12.3 Å². The highest BCUT2D eigenvalue weighted by Gasteiger charge is 2.01. The normalized spacial score (nSPS) is 10.6. The molecule has 0 saturated heterocycles. The summed E-state index contributed by atoms with van der Waals surface area (Å²) in [5.41, 5.74) is 7.68. The highest BCUT2D eigenvalue weighted by Crippen LogP contribution is 2.25. The fourth-order valence-electron chi connectivity index (χ4n) is 1.62. The van der Waals surface area contributed by atoms with Gasteiger partial charge in [-0.2, -0.15) is 0 Å². The molecule has 94 valence electrons. The number of benzene rings is 2. The van der Waals surface area contributed by atoms with Crippen LogP contribution in [0.5, 0.6) is 0 Å². The topological polar surface area (TPSA) is 26.0 Å². The SMILES string of the molecule is NCc1cccc(SCc2cc(F)cc(Br)c2)c1. The Hall–Kier alpha value is -0.840. The summed E-state index contributed by atoms with van der Waals surface area (Å²) in [7, 11) is 0. The zero-order chi connectivity index (χ0) is 13.0. The molecule has 0 heterocycles. The highest BCUT2D eigenvalue weighted by atomic mass is 79.9. The van der Waals surface area contributed by atoms with Gasteiger partial charge in [0, 0.05) is 21.7 Å². The average Bonchev–Trinajstić information content (AvgIpc) is 2.35. The summed E-state index contributed by atoms with van der Waals surface area (Å²) in [4.78, 5) is 1.15. The molecule has 0 radical (unpaired) electrons. The highest BCUT2D eigenvalue weighted by molar-refractivity contribution is 9.10. The first-order chi connectivity index (χ1) is 8.67. The monoisotopic (exact) mass is 325 g/mol. The maximum absolute atomic E-state index is 13.2. The lowest BCUT2D eigenvalue weighted by atomic mass is 10.2. The maximum Gasteiger partial charge on any atom is 0.124 e. The molecule has 2 aromatic carbocycles. The molecule has 0 aromatic heterocycles. The Labute approximate surface area is 119 Å². The quantitative estimate of drug-likeness (QED) is 0.846. The predicted molar refractivity (Wildman–Crippen MR) is 78.0 cm³/mol. The number of hydrogen-bond donors (Lipinski definition) is 1. The Morgan fingerprint density at radius 1 is 1.11 bits per heavy atom. The molecular formula is C14H13BrFNS. The molecule has 0 fully saturated rings. The van der Waals surface area contributed by atoms with E-state index in [4.69, 9.17) is 5.73 Å². The third kappa shape index (κ3) is 3.83. The molecule has 2 aromatic rings. The van der Waals surface area contributed by atoms with Crippen LogP contribution < -0.4 is 5.73 Å². The van der Waals surface area contributed by atoms with Gasteiger partial charge < -0.3 is 5.73 Å². The van der Waals surface area contributed by atoms with Gasteiger partial charge in [0.05, 0.1) is 0 Å². The second kappa shape index (κ2) is 6.36. The third-order valence-electron chi connectivity index (χ3n) is 2.46. The van der Waals surface area contributed by atoms with Crippen LogP contribution >= 0.6 is 27.7 Å². The summed E-state index contributed by atoms with van der Waals surface area (Å²) >= 11 is 4.97. The lowest BCUT2D eigenvalue weighted by Gasteiger charge is -2.05. The molecule has 0 atom stereocenters.